The number of nitrogens with two attached hydrogens (primary N) is 2. The molecule has 2 aromatic rings. The Morgan fingerprint density at radius 3 is 2.53 bits per heavy atom. The highest BCUT2D eigenvalue weighted by Gasteiger charge is 2.19. The molecule has 0 saturated heterocycles. The third kappa shape index (κ3) is 2.25. The van der Waals surface area contributed by atoms with Crippen LogP contribution in [0.25, 0.3) is 0 Å². The van der Waals surface area contributed by atoms with Crippen molar-refractivity contribution in [3.05, 3.63) is 46.9 Å². The summed E-state index contributed by atoms with van der Waals surface area (Å²) in [5, 5.41) is 0. The molecule has 7 nitrogen and oxygen atoms in total. The van der Waals surface area contributed by atoms with Crippen LogP contribution in [0.15, 0.2) is 41.3 Å². The summed E-state index contributed by atoms with van der Waals surface area (Å²) < 4.78 is 1.17. The standard InChI is InChI=1S/C12H13N5O2/c1-16-10(18)9(13)7-15-12(16)17(11(14)19)8-5-3-2-4-6-8/h2-7H,13H2,1H3,(H2,14,19). The molecule has 0 atom stereocenters. The Hall–Kier alpha value is -2.83. The van der Waals surface area contributed by atoms with Crippen LogP contribution in [0.2, 0.25) is 0 Å². The zero-order chi connectivity index (χ0) is 14.0. The lowest BCUT2D eigenvalue weighted by atomic mass is 10.3. The van der Waals surface area contributed by atoms with E-state index in [1.54, 1.807) is 30.3 Å². The summed E-state index contributed by atoms with van der Waals surface area (Å²) in [6.07, 6.45) is 1.20. The third-order valence-electron chi connectivity index (χ3n) is 2.61. The summed E-state index contributed by atoms with van der Waals surface area (Å²) in [5.74, 6) is 0.109. The second-order valence-electron chi connectivity index (χ2n) is 3.89. The van der Waals surface area contributed by atoms with Gasteiger partial charge < -0.3 is 11.5 Å². The zero-order valence-electron chi connectivity index (χ0n) is 10.3. The Morgan fingerprint density at radius 2 is 1.95 bits per heavy atom. The van der Waals surface area contributed by atoms with E-state index in [1.807, 2.05) is 0 Å². The van der Waals surface area contributed by atoms with Crippen molar-refractivity contribution in [3.63, 3.8) is 0 Å². The molecule has 0 bridgehead atoms. The van der Waals surface area contributed by atoms with Gasteiger partial charge in [0.05, 0.1) is 11.9 Å². The van der Waals surface area contributed by atoms with Gasteiger partial charge in [-0.2, -0.15) is 0 Å². The molecule has 4 N–H and O–H groups in total. The molecule has 2 rings (SSSR count). The lowest BCUT2D eigenvalue weighted by Gasteiger charge is -2.21. The highest BCUT2D eigenvalue weighted by molar-refractivity contribution is 5.96. The topological polar surface area (TPSA) is 107 Å². The molecule has 1 heterocycles. The number of urea groups is 1. The predicted octanol–water partition coefficient (Wildman–Crippen LogP) is 0.579. The van der Waals surface area contributed by atoms with Crippen LogP contribution in [0.3, 0.4) is 0 Å². The summed E-state index contributed by atoms with van der Waals surface area (Å²) in [6, 6.07) is 7.94. The average Bonchev–Trinajstić information content (AvgIpc) is 2.40. The van der Waals surface area contributed by atoms with Gasteiger partial charge in [-0.25, -0.2) is 14.7 Å². The number of nitrogens with zero attached hydrogens (tertiary/aromatic N) is 3. The van der Waals surface area contributed by atoms with Crippen LogP contribution in [0.5, 0.6) is 0 Å². The molecule has 0 spiro atoms. The summed E-state index contributed by atoms with van der Waals surface area (Å²) in [7, 11) is 1.47. The molecule has 0 radical (unpaired) electrons. The molecule has 1 aromatic carbocycles. The van der Waals surface area contributed by atoms with Crippen molar-refractivity contribution in [2.24, 2.45) is 12.8 Å². The van der Waals surface area contributed by atoms with Crippen LogP contribution in [0, 0.1) is 0 Å². The van der Waals surface area contributed by atoms with Gasteiger partial charge in [-0.1, -0.05) is 18.2 Å². The number of aromatic nitrogens is 2. The molecular formula is C12H13N5O2. The molecular weight excluding hydrogens is 246 g/mol. The number of anilines is 3. The molecule has 1 aromatic heterocycles. The summed E-state index contributed by atoms with van der Waals surface area (Å²) in [4.78, 5) is 28.5. The molecule has 98 valence electrons. The van der Waals surface area contributed by atoms with Gasteiger partial charge in [0, 0.05) is 7.05 Å². The van der Waals surface area contributed by atoms with E-state index in [-0.39, 0.29) is 11.6 Å². The minimum absolute atomic E-state index is 0.00346. The van der Waals surface area contributed by atoms with E-state index in [0.717, 1.165) is 4.90 Å². The van der Waals surface area contributed by atoms with E-state index in [9.17, 15) is 9.59 Å². The Morgan fingerprint density at radius 1 is 1.32 bits per heavy atom. The number of para-hydroxylation sites is 1. The lowest BCUT2D eigenvalue weighted by molar-refractivity contribution is 0.255. The van der Waals surface area contributed by atoms with Gasteiger partial charge in [0.1, 0.15) is 5.69 Å². The van der Waals surface area contributed by atoms with Gasteiger partial charge in [0.25, 0.3) is 5.56 Å². The zero-order valence-corrected chi connectivity index (χ0v) is 10.3. The van der Waals surface area contributed by atoms with Gasteiger partial charge in [0.2, 0.25) is 5.95 Å². The highest BCUT2D eigenvalue weighted by Crippen LogP contribution is 2.21. The van der Waals surface area contributed by atoms with Crippen molar-refractivity contribution in [1.29, 1.82) is 0 Å². The third-order valence-corrected chi connectivity index (χ3v) is 2.61. The van der Waals surface area contributed by atoms with Crippen molar-refractivity contribution in [2.75, 3.05) is 10.6 Å². The maximum absolute atomic E-state index is 11.8. The molecule has 0 aliphatic carbocycles. The highest BCUT2D eigenvalue weighted by atomic mass is 16.2. The quantitative estimate of drug-likeness (QED) is 0.822. The molecule has 0 aliphatic heterocycles. The molecule has 0 saturated carbocycles. The Balaban J connectivity index is 2.62. The predicted molar refractivity (Wildman–Crippen MR) is 72.1 cm³/mol. The van der Waals surface area contributed by atoms with E-state index < -0.39 is 11.6 Å². The van der Waals surface area contributed by atoms with Gasteiger partial charge in [-0.3, -0.25) is 9.36 Å². The number of nitrogen functional groups attached to an aromatic ring is 1. The Bertz CT molecular complexity index is 666. The Labute approximate surface area is 109 Å². The number of primary amides is 1. The van der Waals surface area contributed by atoms with Crippen molar-refractivity contribution in [1.82, 2.24) is 9.55 Å². The normalized spacial score (nSPS) is 10.2. The van der Waals surface area contributed by atoms with E-state index in [4.69, 9.17) is 11.5 Å². The van der Waals surface area contributed by atoms with Gasteiger partial charge in [-0.05, 0) is 12.1 Å². The number of carbonyl (C=O) groups excluding carboxylic acids is 1. The fourth-order valence-corrected chi connectivity index (χ4v) is 1.68. The lowest BCUT2D eigenvalue weighted by Crippen LogP contribution is -2.37. The SMILES string of the molecule is Cn1c(N(C(N)=O)c2ccccc2)ncc(N)c1=O. The monoisotopic (exact) mass is 259 g/mol. The largest absolute Gasteiger partial charge is 0.393 e. The number of carbonyl (C=O) groups is 1. The van der Waals surface area contributed by atoms with Crippen molar-refractivity contribution < 1.29 is 4.79 Å². The fraction of sp³-hybridized carbons (Fsp3) is 0.0833. The van der Waals surface area contributed by atoms with Crippen LogP contribution >= 0.6 is 0 Å². The number of benzene rings is 1. The minimum Gasteiger partial charge on any atom is -0.393 e. The van der Waals surface area contributed by atoms with Crippen LogP contribution in [0.1, 0.15) is 0 Å². The number of hydrogen-bond acceptors (Lipinski definition) is 4. The fourth-order valence-electron chi connectivity index (χ4n) is 1.68. The maximum Gasteiger partial charge on any atom is 0.326 e. The van der Waals surface area contributed by atoms with Crippen LogP contribution < -0.4 is 21.9 Å². The van der Waals surface area contributed by atoms with Gasteiger partial charge >= 0.3 is 6.03 Å². The van der Waals surface area contributed by atoms with Crippen molar-refractivity contribution in [2.45, 2.75) is 0 Å². The first-order valence-corrected chi connectivity index (χ1v) is 5.48. The second-order valence-corrected chi connectivity index (χ2v) is 3.89. The molecule has 19 heavy (non-hydrogen) atoms. The van der Waals surface area contributed by atoms with E-state index >= 15 is 0 Å². The smallest absolute Gasteiger partial charge is 0.326 e. The van der Waals surface area contributed by atoms with Crippen LogP contribution in [0.4, 0.5) is 22.1 Å². The average molecular weight is 259 g/mol. The van der Waals surface area contributed by atoms with Gasteiger partial charge in [0.15, 0.2) is 0 Å². The summed E-state index contributed by atoms with van der Waals surface area (Å²) in [6.45, 7) is 0. The first-order valence-electron chi connectivity index (χ1n) is 5.48. The molecule has 7 heteroatoms. The van der Waals surface area contributed by atoms with E-state index in [1.165, 1.54) is 17.8 Å². The number of rotatable bonds is 2. The minimum atomic E-state index is -0.738. The van der Waals surface area contributed by atoms with Gasteiger partial charge in [-0.15, -0.1) is 0 Å². The second kappa shape index (κ2) is 4.81. The number of amides is 2. The van der Waals surface area contributed by atoms with Crippen molar-refractivity contribution >= 4 is 23.4 Å². The van der Waals surface area contributed by atoms with Crippen LogP contribution in [-0.2, 0) is 7.05 Å². The molecule has 2 amide bonds. The van der Waals surface area contributed by atoms with E-state index in [2.05, 4.69) is 4.98 Å². The molecule has 0 fully saturated rings. The maximum atomic E-state index is 11.8. The van der Waals surface area contributed by atoms with Crippen molar-refractivity contribution in [3.8, 4) is 0 Å². The Kier molecular flexibility index (Phi) is 3.19. The molecule has 0 aliphatic rings. The number of hydrogen-bond donors (Lipinski definition) is 2. The first-order chi connectivity index (χ1) is 9.02. The summed E-state index contributed by atoms with van der Waals surface area (Å²) >= 11 is 0. The first kappa shape index (κ1) is 12.6. The summed E-state index contributed by atoms with van der Waals surface area (Å²) in [5.41, 5.74) is 10.9. The van der Waals surface area contributed by atoms with E-state index in [0.29, 0.717) is 5.69 Å². The van der Waals surface area contributed by atoms with Crippen LogP contribution in [-0.4, -0.2) is 15.6 Å². The molecule has 0 unspecified atom stereocenters.